The molecule has 3 nitrogen and oxygen atoms in total. The van der Waals surface area contributed by atoms with Gasteiger partial charge in [-0.1, -0.05) is 18.9 Å². The van der Waals surface area contributed by atoms with Gasteiger partial charge in [0.15, 0.2) is 0 Å². The third-order valence-electron chi connectivity index (χ3n) is 4.78. The first-order valence-corrected chi connectivity index (χ1v) is 7.67. The summed E-state index contributed by atoms with van der Waals surface area (Å²) in [4.78, 5) is 7.04. The zero-order valence-corrected chi connectivity index (χ0v) is 11.8. The molecule has 0 bridgehead atoms. The van der Waals surface area contributed by atoms with Crippen molar-refractivity contribution in [2.24, 2.45) is 5.92 Å². The molecule has 1 aliphatic carbocycles. The minimum absolute atomic E-state index is 0.437. The molecule has 0 spiro atoms. The van der Waals surface area contributed by atoms with E-state index in [0.717, 1.165) is 23.8 Å². The first-order chi connectivity index (χ1) is 9.27. The van der Waals surface area contributed by atoms with E-state index in [1.807, 2.05) is 25.3 Å². The summed E-state index contributed by atoms with van der Waals surface area (Å²) in [5, 5.41) is 9.95. The van der Waals surface area contributed by atoms with Crippen molar-refractivity contribution in [3.63, 3.8) is 0 Å². The molecular formula is C16H24N2O. The molecule has 1 aromatic heterocycles. The normalized spacial score (nSPS) is 26.0. The van der Waals surface area contributed by atoms with Gasteiger partial charge in [0.2, 0.25) is 0 Å². The highest BCUT2D eigenvalue weighted by atomic mass is 16.3. The number of pyridine rings is 1. The zero-order chi connectivity index (χ0) is 13.2. The average Bonchev–Trinajstić information content (AvgIpc) is 3.09. The Morgan fingerprint density at radius 3 is 2.79 bits per heavy atom. The summed E-state index contributed by atoms with van der Waals surface area (Å²) in [5.74, 6) is 1.86. The van der Waals surface area contributed by atoms with E-state index >= 15 is 0 Å². The molecule has 3 rings (SSSR count). The van der Waals surface area contributed by atoms with E-state index in [1.54, 1.807) is 0 Å². The maximum absolute atomic E-state index is 9.95. The van der Waals surface area contributed by atoms with Crippen LogP contribution < -0.4 is 4.90 Å². The van der Waals surface area contributed by atoms with Crippen molar-refractivity contribution in [1.82, 2.24) is 4.98 Å². The third kappa shape index (κ3) is 2.48. The van der Waals surface area contributed by atoms with E-state index in [9.17, 15) is 5.11 Å². The second-order valence-electron chi connectivity index (χ2n) is 6.04. The molecule has 104 valence electrons. The molecule has 1 aromatic rings. The van der Waals surface area contributed by atoms with Crippen molar-refractivity contribution in [2.75, 3.05) is 11.4 Å². The van der Waals surface area contributed by atoms with Gasteiger partial charge in [0.1, 0.15) is 5.82 Å². The van der Waals surface area contributed by atoms with Gasteiger partial charge in [-0.15, -0.1) is 0 Å². The van der Waals surface area contributed by atoms with Crippen molar-refractivity contribution in [3.05, 3.63) is 23.9 Å². The third-order valence-corrected chi connectivity index (χ3v) is 4.78. The summed E-state index contributed by atoms with van der Waals surface area (Å²) in [7, 11) is 0. The first-order valence-electron chi connectivity index (χ1n) is 7.67. The molecule has 0 aromatic carbocycles. The number of anilines is 1. The summed E-state index contributed by atoms with van der Waals surface area (Å²) in [6, 6.07) is 4.58. The van der Waals surface area contributed by atoms with Gasteiger partial charge >= 0.3 is 0 Å². The highest BCUT2D eigenvalue weighted by Crippen LogP contribution is 2.38. The second kappa shape index (κ2) is 5.49. The molecule has 2 aliphatic rings. The molecule has 1 saturated carbocycles. The Balaban J connectivity index is 1.87. The standard InChI is InChI=1S/C16H24N2O/c1-12(19)14-8-4-10-17-16(14)18-11-5-9-15(18)13-6-2-3-7-13/h4,8,10,12-13,15,19H,2-3,5-7,9,11H2,1H3. The van der Waals surface area contributed by atoms with E-state index in [4.69, 9.17) is 0 Å². The van der Waals surface area contributed by atoms with Crippen molar-refractivity contribution in [3.8, 4) is 0 Å². The summed E-state index contributed by atoms with van der Waals surface area (Å²) in [5.41, 5.74) is 0.979. The van der Waals surface area contributed by atoms with Gasteiger partial charge in [-0.2, -0.15) is 0 Å². The number of aromatic nitrogens is 1. The molecule has 1 aliphatic heterocycles. The predicted molar refractivity (Wildman–Crippen MR) is 77.2 cm³/mol. The highest BCUT2D eigenvalue weighted by Gasteiger charge is 2.35. The van der Waals surface area contributed by atoms with Crippen LogP contribution in [-0.4, -0.2) is 22.7 Å². The van der Waals surface area contributed by atoms with Crippen LogP contribution in [0.15, 0.2) is 18.3 Å². The molecule has 2 heterocycles. The van der Waals surface area contributed by atoms with Crippen LogP contribution in [0.25, 0.3) is 0 Å². The largest absolute Gasteiger partial charge is 0.389 e. The Hall–Kier alpha value is -1.09. The Labute approximate surface area is 115 Å². The van der Waals surface area contributed by atoms with Gasteiger partial charge < -0.3 is 10.0 Å². The quantitative estimate of drug-likeness (QED) is 0.906. The Morgan fingerprint density at radius 2 is 2.05 bits per heavy atom. The summed E-state index contributed by atoms with van der Waals surface area (Å²) in [6.07, 6.45) is 9.49. The van der Waals surface area contributed by atoms with E-state index in [1.165, 1.54) is 38.5 Å². The van der Waals surface area contributed by atoms with Crippen LogP contribution in [0.1, 0.15) is 57.1 Å². The van der Waals surface area contributed by atoms with Gasteiger partial charge in [-0.05, 0) is 44.6 Å². The molecule has 0 radical (unpaired) electrons. The minimum Gasteiger partial charge on any atom is -0.389 e. The van der Waals surface area contributed by atoms with Gasteiger partial charge in [0, 0.05) is 24.3 Å². The molecule has 2 fully saturated rings. The second-order valence-corrected chi connectivity index (χ2v) is 6.04. The molecule has 19 heavy (non-hydrogen) atoms. The Bertz CT molecular complexity index is 427. The number of rotatable bonds is 3. The van der Waals surface area contributed by atoms with E-state index in [2.05, 4.69) is 9.88 Å². The van der Waals surface area contributed by atoms with Crippen LogP contribution in [0.4, 0.5) is 5.82 Å². The van der Waals surface area contributed by atoms with Gasteiger partial charge in [-0.25, -0.2) is 4.98 Å². The number of aliphatic hydroxyl groups excluding tert-OH is 1. The topological polar surface area (TPSA) is 36.4 Å². The van der Waals surface area contributed by atoms with Crippen molar-refractivity contribution in [1.29, 1.82) is 0 Å². The zero-order valence-electron chi connectivity index (χ0n) is 11.8. The summed E-state index contributed by atoms with van der Waals surface area (Å²) in [6.45, 7) is 2.93. The van der Waals surface area contributed by atoms with Crippen molar-refractivity contribution in [2.45, 2.75) is 57.6 Å². The smallest absolute Gasteiger partial charge is 0.134 e. The van der Waals surface area contributed by atoms with Crippen LogP contribution in [0.2, 0.25) is 0 Å². The summed E-state index contributed by atoms with van der Waals surface area (Å²) < 4.78 is 0. The van der Waals surface area contributed by atoms with Gasteiger partial charge in [0.25, 0.3) is 0 Å². The molecular weight excluding hydrogens is 236 g/mol. The Kier molecular flexibility index (Phi) is 3.74. The van der Waals surface area contributed by atoms with E-state index in [-0.39, 0.29) is 0 Å². The first kappa shape index (κ1) is 12.9. The fraction of sp³-hybridized carbons (Fsp3) is 0.688. The lowest BCUT2D eigenvalue weighted by molar-refractivity contribution is 0.199. The molecule has 2 atom stereocenters. The average molecular weight is 260 g/mol. The van der Waals surface area contributed by atoms with Crippen LogP contribution >= 0.6 is 0 Å². The van der Waals surface area contributed by atoms with Crippen LogP contribution in [-0.2, 0) is 0 Å². The lowest BCUT2D eigenvalue weighted by Gasteiger charge is -2.32. The van der Waals surface area contributed by atoms with Crippen molar-refractivity contribution >= 4 is 5.82 Å². The van der Waals surface area contributed by atoms with Crippen LogP contribution in [0.3, 0.4) is 0 Å². The number of hydrogen-bond donors (Lipinski definition) is 1. The van der Waals surface area contributed by atoms with Gasteiger partial charge in [-0.3, -0.25) is 0 Å². The maximum atomic E-state index is 9.95. The molecule has 0 amide bonds. The molecule has 1 N–H and O–H groups in total. The minimum atomic E-state index is -0.437. The maximum Gasteiger partial charge on any atom is 0.134 e. The van der Waals surface area contributed by atoms with Gasteiger partial charge in [0.05, 0.1) is 6.10 Å². The molecule has 1 saturated heterocycles. The SMILES string of the molecule is CC(O)c1cccnc1N1CCCC1C1CCCC1. The van der Waals surface area contributed by atoms with E-state index in [0.29, 0.717) is 6.04 Å². The lowest BCUT2D eigenvalue weighted by Crippen LogP contribution is -2.36. The Morgan fingerprint density at radius 1 is 1.26 bits per heavy atom. The molecule has 3 heteroatoms. The predicted octanol–water partition coefficient (Wildman–Crippen LogP) is 3.29. The highest BCUT2D eigenvalue weighted by molar-refractivity contribution is 5.49. The van der Waals surface area contributed by atoms with Crippen LogP contribution in [0.5, 0.6) is 0 Å². The summed E-state index contributed by atoms with van der Waals surface area (Å²) >= 11 is 0. The van der Waals surface area contributed by atoms with Crippen LogP contribution in [0, 0.1) is 5.92 Å². The fourth-order valence-corrected chi connectivity index (χ4v) is 3.86. The monoisotopic (exact) mass is 260 g/mol. The number of hydrogen-bond acceptors (Lipinski definition) is 3. The lowest BCUT2D eigenvalue weighted by atomic mass is 9.95. The molecule has 2 unspecified atom stereocenters. The fourth-order valence-electron chi connectivity index (χ4n) is 3.86. The number of nitrogens with zero attached hydrogens (tertiary/aromatic N) is 2. The van der Waals surface area contributed by atoms with E-state index < -0.39 is 6.10 Å². The van der Waals surface area contributed by atoms with Crippen molar-refractivity contribution < 1.29 is 5.11 Å². The number of aliphatic hydroxyl groups is 1.